The summed E-state index contributed by atoms with van der Waals surface area (Å²) in [6.45, 7) is 2.73. The number of rotatable bonds is 6. The molecule has 2 N–H and O–H groups in total. The van der Waals surface area contributed by atoms with Crippen molar-refractivity contribution in [2.75, 3.05) is 49.6 Å². The van der Waals surface area contributed by atoms with Gasteiger partial charge in [0.2, 0.25) is 0 Å². The molecule has 1 fully saturated rings. The molecule has 32 heavy (non-hydrogen) atoms. The maximum atomic E-state index is 14.0. The minimum Gasteiger partial charge on any atom is -0.482 e. The fraction of sp³-hybridized carbons (Fsp3) is 0.409. The zero-order valence-electron chi connectivity index (χ0n) is 18.0. The van der Waals surface area contributed by atoms with Crippen molar-refractivity contribution in [3.63, 3.8) is 0 Å². The van der Waals surface area contributed by atoms with Gasteiger partial charge >= 0.3 is 0 Å². The smallest absolute Gasteiger partial charge is 0.265 e. The van der Waals surface area contributed by atoms with E-state index >= 15 is 0 Å². The molecule has 1 aromatic carbocycles. The lowest BCUT2D eigenvalue weighted by molar-refractivity contribution is -0.121. The number of nitrogens with zero attached hydrogens (tertiary/aromatic N) is 4. The van der Waals surface area contributed by atoms with Crippen molar-refractivity contribution in [3.8, 4) is 5.75 Å². The molecule has 2 aromatic rings. The van der Waals surface area contributed by atoms with Crippen LogP contribution in [0, 0.1) is 5.82 Å². The number of carbonyl (C=O) groups is 1. The van der Waals surface area contributed by atoms with Gasteiger partial charge in [-0.1, -0.05) is 12.1 Å². The Labute approximate surface area is 204 Å². The maximum Gasteiger partial charge on any atom is 0.265 e. The van der Waals surface area contributed by atoms with E-state index < -0.39 is 0 Å². The van der Waals surface area contributed by atoms with E-state index in [0.717, 1.165) is 30.8 Å². The van der Waals surface area contributed by atoms with E-state index in [4.69, 9.17) is 4.74 Å². The zero-order valence-corrected chi connectivity index (χ0v) is 20.3. The number of guanidine groups is 1. The molecule has 3 heterocycles. The molecule has 10 heteroatoms. The first-order valence-corrected chi connectivity index (χ1v) is 10.5. The van der Waals surface area contributed by atoms with Gasteiger partial charge in [0.15, 0.2) is 24.2 Å². The summed E-state index contributed by atoms with van der Waals surface area (Å²) in [5.41, 5.74) is 0.814. The standard InChI is InChI=1S/C22H27FN6O2.HI/c1-24-22(27-16-9-13-28(14-16)21-17(23)6-4-10-25-21)26-11-5-12-29-18-7-2-3-8-19(18)31-15-20(29)30;/h2-4,6-8,10,16H,5,9,11-15H2,1H3,(H2,24,26,27);1H. The third kappa shape index (κ3) is 5.59. The predicted molar refractivity (Wildman–Crippen MR) is 134 cm³/mol. The highest BCUT2D eigenvalue weighted by Crippen LogP contribution is 2.31. The first-order chi connectivity index (χ1) is 15.2. The van der Waals surface area contributed by atoms with Crippen molar-refractivity contribution in [3.05, 3.63) is 48.4 Å². The highest BCUT2D eigenvalue weighted by Gasteiger charge is 2.26. The van der Waals surface area contributed by atoms with Gasteiger partial charge in [-0.15, -0.1) is 24.0 Å². The quantitative estimate of drug-likeness (QED) is 0.247. The number of fused-ring (bicyclic) bond motifs is 1. The molecule has 0 aliphatic carbocycles. The Kier molecular flexibility index (Phi) is 8.48. The number of carbonyl (C=O) groups excluding carboxylic acids is 1. The van der Waals surface area contributed by atoms with Crippen LogP contribution in [-0.4, -0.2) is 62.7 Å². The molecule has 1 saturated heterocycles. The predicted octanol–water partition coefficient (Wildman–Crippen LogP) is 2.40. The van der Waals surface area contributed by atoms with Gasteiger partial charge in [0.25, 0.3) is 5.91 Å². The molecule has 1 unspecified atom stereocenters. The summed E-state index contributed by atoms with van der Waals surface area (Å²) in [7, 11) is 1.72. The number of aromatic nitrogens is 1. The van der Waals surface area contributed by atoms with Crippen molar-refractivity contribution in [2.24, 2.45) is 4.99 Å². The number of amides is 1. The van der Waals surface area contributed by atoms with Crippen LogP contribution in [0.2, 0.25) is 0 Å². The van der Waals surface area contributed by atoms with Gasteiger partial charge < -0.3 is 25.2 Å². The normalized spacial score (nSPS) is 18.0. The lowest BCUT2D eigenvalue weighted by atomic mass is 10.2. The van der Waals surface area contributed by atoms with Crippen LogP contribution in [0.4, 0.5) is 15.9 Å². The topological polar surface area (TPSA) is 82.1 Å². The molecule has 2 aliphatic rings. The molecule has 4 rings (SSSR count). The summed E-state index contributed by atoms with van der Waals surface area (Å²) in [5.74, 6) is 1.49. The van der Waals surface area contributed by atoms with Crippen LogP contribution in [0.1, 0.15) is 12.8 Å². The van der Waals surface area contributed by atoms with Gasteiger partial charge in [-0.2, -0.15) is 0 Å². The molecule has 0 spiro atoms. The summed E-state index contributed by atoms with van der Waals surface area (Å²) in [6.07, 6.45) is 3.24. The molecule has 1 aromatic heterocycles. The molecule has 172 valence electrons. The first-order valence-electron chi connectivity index (χ1n) is 10.5. The van der Waals surface area contributed by atoms with Gasteiger partial charge in [-0.05, 0) is 37.1 Å². The fourth-order valence-corrected chi connectivity index (χ4v) is 3.91. The van der Waals surface area contributed by atoms with Crippen molar-refractivity contribution < 1.29 is 13.9 Å². The molecular formula is C22H28FIN6O2. The first kappa shape index (κ1) is 24.0. The number of pyridine rings is 1. The lowest BCUT2D eigenvalue weighted by Crippen LogP contribution is -2.46. The average Bonchev–Trinajstić information content (AvgIpc) is 3.25. The fourth-order valence-electron chi connectivity index (χ4n) is 3.91. The highest BCUT2D eigenvalue weighted by atomic mass is 127. The molecule has 8 nitrogen and oxygen atoms in total. The molecule has 1 atom stereocenters. The van der Waals surface area contributed by atoms with Crippen molar-refractivity contribution in [2.45, 2.75) is 18.9 Å². The third-order valence-corrected chi connectivity index (χ3v) is 5.45. The Balaban J connectivity index is 0.00000289. The van der Waals surface area contributed by atoms with E-state index in [9.17, 15) is 9.18 Å². The monoisotopic (exact) mass is 554 g/mol. The van der Waals surface area contributed by atoms with Crippen molar-refractivity contribution in [1.82, 2.24) is 15.6 Å². The van der Waals surface area contributed by atoms with Gasteiger partial charge in [0.1, 0.15) is 5.75 Å². The largest absolute Gasteiger partial charge is 0.482 e. The molecule has 0 radical (unpaired) electrons. The molecule has 0 bridgehead atoms. The second-order valence-electron chi connectivity index (χ2n) is 7.54. The zero-order chi connectivity index (χ0) is 21.6. The number of aliphatic imine (C=N–C) groups is 1. The molecule has 1 amide bonds. The van der Waals surface area contributed by atoms with Gasteiger partial charge in [-0.3, -0.25) is 9.79 Å². The van der Waals surface area contributed by atoms with Crippen LogP contribution >= 0.6 is 24.0 Å². The van der Waals surface area contributed by atoms with E-state index in [-0.39, 0.29) is 48.3 Å². The number of anilines is 2. The van der Waals surface area contributed by atoms with Crippen LogP contribution in [0.15, 0.2) is 47.6 Å². The van der Waals surface area contributed by atoms with Crippen LogP contribution in [-0.2, 0) is 4.79 Å². The summed E-state index contributed by atoms with van der Waals surface area (Å²) in [5, 5.41) is 6.70. The Morgan fingerprint density at radius 2 is 2.16 bits per heavy atom. The summed E-state index contributed by atoms with van der Waals surface area (Å²) in [6, 6.07) is 10.8. The number of hydrogen-bond acceptors (Lipinski definition) is 5. The number of nitrogens with one attached hydrogen (secondary N) is 2. The van der Waals surface area contributed by atoms with E-state index in [2.05, 4.69) is 20.6 Å². The van der Waals surface area contributed by atoms with E-state index in [1.165, 1.54) is 6.07 Å². The van der Waals surface area contributed by atoms with E-state index in [1.54, 1.807) is 24.2 Å². The van der Waals surface area contributed by atoms with Crippen molar-refractivity contribution in [1.29, 1.82) is 0 Å². The Morgan fingerprint density at radius 3 is 2.97 bits per heavy atom. The molecule has 0 saturated carbocycles. The maximum absolute atomic E-state index is 14.0. The Morgan fingerprint density at radius 1 is 1.31 bits per heavy atom. The van der Waals surface area contributed by atoms with Gasteiger partial charge in [0, 0.05) is 45.5 Å². The summed E-state index contributed by atoms with van der Waals surface area (Å²) >= 11 is 0. The Hall–Kier alpha value is -2.63. The van der Waals surface area contributed by atoms with Crippen molar-refractivity contribution >= 4 is 47.3 Å². The number of para-hydroxylation sites is 2. The average molecular weight is 554 g/mol. The third-order valence-electron chi connectivity index (χ3n) is 5.45. The summed E-state index contributed by atoms with van der Waals surface area (Å²) < 4.78 is 19.5. The minimum absolute atomic E-state index is 0. The van der Waals surface area contributed by atoms with E-state index in [1.807, 2.05) is 29.2 Å². The SMILES string of the molecule is CN=C(NCCCN1C(=O)COc2ccccc21)NC1CCN(c2ncccc2F)C1.I. The number of halogens is 2. The number of hydrogen-bond donors (Lipinski definition) is 2. The van der Waals surface area contributed by atoms with E-state index in [0.29, 0.717) is 31.4 Å². The molecule has 2 aliphatic heterocycles. The number of benzene rings is 1. The highest BCUT2D eigenvalue weighted by molar-refractivity contribution is 14.0. The Bertz CT molecular complexity index is 960. The van der Waals surface area contributed by atoms with Crippen LogP contribution < -0.4 is 25.2 Å². The molecular weight excluding hydrogens is 526 g/mol. The second-order valence-corrected chi connectivity index (χ2v) is 7.54. The lowest BCUT2D eigenvalue weighted by Gasteiger charge is -2.29. The van der Waals surface area contributed by atoms with Crippen LogP contribution in [0.3, 0.4) is 0 Å². The number of ether oxygens (including phenoxy) is 1. The minimum atomic E-state index is -0.301. The summed E-state index contributed by atoms with van der Waals surface area (Å²) in [4.78, 5) is 24.4. The van der Waals surface area contributed by atoms with Gasteiger partial charge in [-0.25, -0.2) is 9.37 Å². The van der Waals surface area contributed by atoms with Crippen LogP contribution in [0.25, 0.3) is 0 Å². The van der Waals surface area contributed by atoms with Gasteiger partial charge in [0.05, 0.1) is 5.69 Å². The second kappa shape index (κ2) is 11.3. The van der Waals surface area contributed by atoms with Crippen LogP contribution in [0.5, 0.6) is 5.75 Å².